The number of aryl methyl sites for hydroxylation is 1. The van der Waals surface area contributed by atoms with Gasteiger partial charge in [-0.05, 0) is 44.5 Å². The molecule has 1 aromatic carbocycles. The first-order valence-electron chi connectivity index (χ1n) is 6.49. The van der Waals surface area contributed by atoms with Crippen molar-refractivity contribution in [1.29, 1.82) is 0 Å². The zero-order chi connectivity index (χ0) is 14.7. The number of H-pyrrole nitrogens is 1. The summed E-state index contributed by atoms with van der Waals surface area (Å²) >= 11 is 0. The zero-order valence-electron chi connectivity index (χ0n) is 11.8. The topological polar surface area (TPSA) is 75.2 Å². The number of aromatic nitrogens is 2. The summed E-state index contributed by atoms with van der Waals surface area (Å²) in [6.45, 7) is 5.93. The Kier molecular flexibility index (Phi) is 4.08. The molecule has 0 bridgehead atoms. The van der Waals surface area contributed by atoms with E-state index in [9.17, 15) is 4.79 Å². The molecule has 0 saturated heterocycles. The van der Waals surface area contributed by atoms with Gasteiger partial charge in [0.2, 0.25) is 0 Å². The Labute approximate surface area is 117 Å². The number of hydrogen-bond acceptors (Lipinski definition) is 3. The molecule has 0 radical (unpaired) electrons. The number of ether oxygens (including phenoxy) is 1. The van der Waals surface area contributed by atoms with E-state index in [2.05, 4.69) is 10.2 Å². The van der Waals surface area contributed by atoms with E-state index in [0.29, 0.717) is 5.56 Å². The lowest BCUT2D eigenvalue weighted by molar-refractivity contribution is -0.136. The van der Waals surface area contributed by atoms with Crippen LogP contribution in [0.5, 0.6) is 5.75 Å². The Morgan fingerprint density at radius 2 is 2.20 bits per heavy atom. The number of rotatable bonds is 5. The fourth-order valence-electron chi connectivity index (χ4n) is 2.05. The van der Waals surface area contributed by atoms with Crippen molar-refractivity contribution >= 4 is 5.97 Å². The molecule has 2 N–H and O–H groups in total. The second kappa shape index (κ2) is 5.77. The number of carbonyl (C=O) groups is 1. The maximum atomic E-state index is 10.8. The quantitative estimate of drug-likeness (QED) is 0.879. The fourth-order valence-corrected chi connectivity index (χ4v) is 2.05. The van der Waals surface area contributed by atoms with Crippen LogP contribution in [0, 0.1) is 6.92 Å². The monoisotopic (exact) mass is 274 g/mol. The molecular formula is C15H18N2O3. The Balaban J connectivity index is 2.32. The van der Waals surface area contributed by atoms with Crippen molar-refractivity contribution in [2.75, 3.05) is 0 Å². The number of nitrogens with one attached hydrogen (secondary N) is 1. The number of hydrogen-bond donors (Lipinski definition) is 2. The lowest BCUT2D eigenvalue weighted by atomic mass is 10.0. The standard InChI is InChI=1S/C15H18N2O3/c1-9(2)20-13-5-4-11(6-10(13)3)15-12(7-14(18)19)8-16-17-15/h4-6,8-9H,7H2,1-3H3,(H,16,17)(H,18,19). The molecule has 0 fully saturated rings. The van der Waals surface area contributed by atoms with Crippen LogP contribution in [0.25, 0.3) is 11.3 Å². The summed E-state index contributed by atoms with van der Waals surface area (Å²) in [5.41, 5.74) is 3.33. The van der Waals surface area contributed by atoms with Gasteiger partial charge in [-0.3, -0.25) is 9.89 Å². The summed E-state index contributed by atoms with van der Waals surface area (Å²) < 4.78 is 5.69. The molecule has 0 unspecified atom stereocenters. The van der Waals surface area contributed by atoms with Crippen LogP contribution in [0.3, 0.4) is 0 Å². The fraction of sp³-hybridized carbons (Fsp3) is 0.333. The minimum absolute atomic E-state index is 0.0465. The van der Waals surface area contributed by atoms with Gasteiger partial charge in [-0.2, -0.15) is 5.10 Å². The highest BCUT2D eigenvalue weighted by Gasteiger charge is 2.12. The van der Waals surface area contributed by atoms with Gasteiger partial charge in [0.1, 0.15) is 5.75 Å². The first-order chi connectivity index (χ1) is 9.47. The largest absolute Gasteiger partial charge is 0.491 e. The molecule has 0 saturated carbocycles. The Hall–Kier alpha value is -2.30. The van der Waals surface area contributed by atoms with E-state index >= 15 is 0 Å². The molecule has 2 aromatic rings. The van der Waals surface area contributed by atoms with Crippen LogP contribution in [0.1, 0.15) is 25.0 Å². The number of benzene rings is 1. The Morgan fingerprint density at radius 3 is 2.80 bits per heavy atom. The summed E-state index contributed by atoms with van der Waals surface area (Å²) in [5, 5.41) is 15.7. The third-order valence-corrected chi connectivity index (χ3v) is 2.89. The van der Waals surface area contributed by atoms with Gasteiger partial charge in [0.05, 0.1) is 24.4 Å². The van der Waals surface area contributed by atoms with Gasteiger partial charge < -0.3 is 9.84 Å². The van der Waals surface area contributed by atoms with Crippen molar-refractivity contribution in [3.05, 3.63) is 35.5 Å². The second-order valence-corrected chi connectivity index (χ2v) is 4.99. The molecule has 5 nitrogen and oxygen atoms in total. The van der Waals surface area contributed by atoms with Crippen LogP contribution in [0.2, 0.25) is 0 Å². The predicted octanol–water partition coefficient (Wildman–Crippen LogP) is 2.80. The van der Waals surface area contributed by atoms with Crippen LogP contribution in [0.4, 0.5) is 0 Å². The Bertz CT molecular complexity index is 617. The van der Waals surface area contributed by atoms with Gasteiger partial charge in [0.25, 0.3) is 0 Å². The van der Waals surface area contributed by atoms with Gasteiger partial charge in [-0.1, -0.05) is 0 Å². The second-order valence-electron chi connectivity index (χ2n) is 4.99. The predicted molar refractivity (Wildman–Crippen MR) is 75.9 cm³/mol. The van der Waals surface area contributed by atoms with Crippen LogP contribution >= 0.6 is 0 Å². The van der Waals surface area contributed by atoms with E-state index in [0.717, 1.165) is 22.6 Å². The lowest BCUT2D eigenvalue weighted by Gasteiger charge is -2.13. The average molecular weight is 274 g/mol. The number of aromatic amines is 1. The van der Waals surface area contributed by atoms with E-state index in [1.54, 1.807) is 6.20 Å². The van der Waals surface area contributed by atoms with E-state index in [1.165, 1.54) is 0 Å². The van der Waals surface area contributed by atoms with E-state index < -0.39 is 5.97 Å². The molecular weight excluding hydrogens is 256 g/mol. The summed E-state index contributed by atoms with van der Waals surface area (Å²) in [7, 11) is 0. The van der Waals surface area contributed by atoms with Crippen LogP contribution in [-0.2, 0) is 11.2 Å². The molecule has 1 heterocycles. The summed E-state index contributed by atoms with van der Waals surface area (Å²) in [5.74, 6) is -0.0350. The molecule has 0 aliphatic carbocycles. The molecule has 0 aliphatic rings. The van der Waals surface area contributed by atoms with Crippen molar-refractivity contribution in [2.24, 2.45) is 0 Å². The summed E-state index contributed by atoms with van der Waals surface area (Å²) in [6, 6.07) is 5.77. The van der Waals surface area contributed by atoms with Crippen molar-refractivity contribution in [3.63, 3.8) is 0 Å². The number of aliphatic carboxylic acids is 1. The van der Waals surface area contributed by atoms with Crippen molar-refractivity contribution in [1.82, 2.24) is 10.2 Å². The van der Waals surface area contributed by atoms with Crippen LogP contribution in [-0.4, -0.2) is 27.4 Å². The number of nitrogens with zero attached hydrogens (tertiary/aromatic N) is 1. The first-order valence-corrected chi connectivity index (χ1v) is 6.49. The highest BCUT2D eigenvalue weighted by Crippen LogP contribution is 2.27. The minimum atomic E-state index is -0.871. The van der Waals surface area contributed by atoms with Crippen LogP contribution < -0.4 is 4.74 Å². The highest BCUT2D eigenvalue weighted by molar-refractivity contribution is 5.75. The third-order valence-electron chi connectivity index (χ3n) is 2.89. The molecule has 0 atom stereocenters. The Morgan fingerprint density at radius 1 is 1.45 bits per heavy atom. The molecule has 0 amide bonds. The van der Waals surface area contributed by atoms with Gasteiger partial charge in [-0.25, -0.2) is 0 Å². The maximum absolute atomic E-state index is 10.8. The van der Waals surface area contributed by atoms with E-state index in [-0.39, 0.29) is 12.5 Å². The molecule has 1 aromatic heterocycles. The molecule has 106 valence electrons. The van der Waals surface area contributed by atoms with Crippen molar-refractivity contribution in [3.8, 4) is 17.0 Å². The summed E-state index contributed by atoms with van der Waals surface area (Å²) in [6.07, 6.45) is 1.63. The van der Waals surface area contributed by atoms with Gasteiger partial charge >= 0.3 is 5.97 Å². The number of carboxylic acids is 1. The zero-order valence-corrected chi connectivity index (χ0v) is 11.8. The minimum Gasteiger partial charge on any atom is -0.491 e. The SMILES string of the molecule is Cc1cc(-c2[nH]ncc2CC(=O)O)ccc1OC(C)C. The lowest BCUT2D eigenvalue weighted by Crippen LogP contribution is -2.06. The smallest absolute Gasteiger partial charge is 0.307 e. The van der Waals surface area contributed by atoms with Crippen LogP contribution in [0.15, 0.2) is 24.4 Å². The molecule has 5 heteroatoms. The third kappa shape index (κ3) is 3.17. The van der Waals surface area contributed by atoms with Gasteiger partial charge in [0, 0.05) is 11.1 Å². The molecule has 2 rings (SSSR count). The van der Waals surface area contributed by atoms with Crippen molar-refractivity contribution < 1.29 is 14.6 Å². The number of carboxylic acid groups (broad SMARTS) is 1. The highest BCUT2D eigenvalue weighted by atomic mass is 16.5. The summed E-state index contributed by atoms with van der Waals surface area (Å²) in [4.78, 5) is 10.8. The van der Waals surface area contributed by atoms with E-state index in [4.69, 9.17) is 9.84 Å². The van der Waals surface area contributed by atoms with Gasteiger partial charge in [-0.15, -0.1) is 0 Å². The van der Waals surface area contributed by atoms with E-state index in [1.807, 2.05) is 39.0 Å². The molecule has 0 aliphatic heterocycles. The normalized spacial score (nSPS) is 10.8. The average Bonchev–Trinajstić information content (AvgIpc) is 2.78. The van der Waals surface area contributed by atoms with Gasteiger partial charge in [0.15, 0.2) is 0 Å². The maximum Gasteiger partial charge on any atom is 0.307 e. The molecule has 0 spiro atoms. The first kappa shape index (κ1) is 14.1. The molecule has 20 heavy (non-hydrogen) atoms. The van der Waals surface area contributed by atoms with Crippen molar-refractivity contribution in [2.45, 2.75) is 33.3 Å².